The van der Waals surface area contributed by atoms with Crippen LogP contribution in [0.25, 0.3) is 11.3 Å². The SMILES string of the molecule is Cc1nc(-c2ccc(NC(=O)C3CCC(N)C3)cc2)cs1. The summed E-state index contributed by atoms with van der Waals surface area (Å²) < 4.78 is 0. The Morgan fingerprint density at radius 2 is 2.10 bits per heavy atom. The van der Waals surface area contributed by atoms with Crippen molar-refractivity contribution in [2.45, 2.75) is 32.2 Å². The second-order valence-electron chi connectivity index (χ2n) is 5.59. The van der Waals surface area contributed by atoms with Crippen LogP contribution in [0.5, 0.6) is 0 Å². The van der Waals surface area contributed by atoms with Crippen LogP contribution < -0.4 is 11.1 Å². The fourth-order valence-corrected chi connectivity index (χ4v) is 3.34. The zero-order valence-electron chi connectivity index (χ0n) is 12.0. The number of aryl methyl sites for hydroxylation is 1. The monoisotopic (exact) mass is 301 g/mol. The van der Waals surface area contributed by atoms with Gasteiger partial charge in [-0.05, 0) is 38.3 Å². The number of nitrogens with zero attached hydrogens (tertiary/aromatic N) is 1. The van der Waals surface area contributed by atoms with Gasteiger partial charge < -0.3 is 11.1 Å². The highest BCUT2D eigenvalue weighted by atomic mass is 32.1. The predicted octanol–water partition coefficient (Wildman–Crippen LogP) is 3.18. The molecular weight excluding hydrogens is 282 g/mol. The standard InChI is InChI=1S/C16H19N3OS/c1-10-18-15(9-21-10)11-3-6-14(7-4-11)19-16(20)12-2-5-13(17)8-12/h3-4,6-7,9,12-13H,2,5,8,17H2,1H3,(H,19,20). The number of anilines is 1. The average Bonchev–Trinajstić information content (AvgIpc) is 3.08. The van der Waals surface area contributed by atoms with Crippen LogP contribution in [0.4, 0.5) is 5.69 Å². The van der Waals surface area contributed by atoms with Gasteiger partial charge in [-0.3, -0.25) is 4.79 Å². The Bertz CT molecular complexity index is 635. The van der Waals surface area contributed by atoms with Crippen molar-refractivity contribution in [1.82, 2.24) is 4.98 Å². The van der Waals surface area contributed by atoms with E-state index in [1.807, 2.05) is 36.6 Å². The van der Waals surface area contributed by atoms with E-state index in [2.05, 4.69) is 10.3 Å². The molecular formula is C16H19N3OS. The smallest absolute Gasteiger partial charge is 0.227 e. The molecule has 1 saturated carbocycles. The Morgan fingerprint density at radius 3 is 2.67 bits per heavy atom. The van der Waals surface area contributed by atoms with E-state index in [1.165, 1.54) is 0 Å². The molecule has 1 aromatic heterocycles. The minimum absolute atomic E-state index is 0.0564. The van der Waals surface area contributed by atoms with Gasteiger partial charge in [-0.2, -0.15) is 0 Å². The number of hydrogen-bond acceptors (Lipinski definition) is 4. The summed E-state index contributed by atoms with van der Waals surface area (Å²) in [6, 6.07) is 8.01. The largest absolute Gasteiger partial charge is 0.328 e. The molecule has 110 valence electrons. The molecule has 0 aliphatic heterocycles. The summed E-state index contributed by atoms with van der Waals surface area (Å²) in [5.74, 6) is 0.140. The van der Waals surface area contributed by atoms with Crippen LogP contribution in [0.15, 0.2) is 29.6 Å². The molecule has 1 aliphatic carbocycles. The second kappa shape index (κ2) is 5.95. The highest BCUT2D eigenvalue weighted by Crippen LogP contribution is 2.26. The maximum atomic E-state index is 12.1. The molecule has 2 atom stereocenters. The summed E-state index contributed by atoms with van der Waals surface area (Å²) in [5, 5.41) is 6.08. The maximum Gasteiger partial charge on any atom is 0.227 e. The molecule has 2 aromatic rings. The van der Waals surface area contributed by atoms with Crippen molar-refractivity contribution in [1.29, 1.82) is 0 Å². The van der Waals surface area contributed by atoms with Gasteiger partial charge in [0.1, 0.15) is 0 Å². The summed E-state index contributed by atoms with van der Waals surface area (Å²) in [4.78, 5) is 16.6. The van der Waals surface area contributed by atoms with Gasteiger partial charge in [0.15, 0.2) is 0 Å². The Morgan fingerprint density at radius 1 is 1.33 bits per heavy atom. The van der Waals surface area contributed by atoms with Crippen LogP contribution in [0.1, 0.15) is 24.3 Å². The first kappa shape index (κ1) is 14.2. The topological polar surface area (TPSA) is 68.0 Å². The zero-order chi connectivity index (χ0) is 14.8. The lowest BCUT2D eigenvalue weighted by Crippen LogP contribution is -2.23. The lowest BCUT2D eigenvalue weighted by molar-refractivity contribution is -0.119. The first-order valence-corrected chi connectivity index (χ1v) is 8.09. The third-order valence-corrected chi connectivity index (χ3v) is 4.68. The average molecular weight is 301 g/mol. The van der Waals surface area contributed by atoms with Crippen molar-refractivity contribution < 1.29 is 4.79 Å². The van der Waals surface area contributed by atoms with E-state index in [4.69, 9.17) is 5.73 Å². The number of benzene rings is 1. The lowest BCUT2D eigenvalue weighted by Gasteiger charge is -2.11. The van der Waals surface area contributed by atoms with E-state index in [1.54, 1.807) is 11.3 Å². The molecule has 1 aliphatic rings. The highest BCUT2D eigenvalue weighted by Gasteiger charge is 2.27. The number of thiazole rings is 1. The maximum absolute atomic E-state index is 12.1. The van der Waals surface area contributed by atoms with E-state index in [0.717, 1.165) is 41.2 Å². The van der Waals surface area contributed by atoms with Gasteiger partial charge in [0, 0.05) is 28.6 Å². The number of hydrogen-bond donors (Lipinski definition) is 2. The Kier molecular flexibility index (Phi) is 4.03. The molecule has 1 amide bonds. The number of carbonyl (C=O) groups is 1. The van der Waals surface area contributed by atoms with Crippen molar-refractivity contribution in [2.75, 3.05) is 5.32 Å². The molecule has 1 fully saturated rings. The predicted molar refractivity (Wildman–Crippen MR) is 86.2 cm³/mol. The van der Waals surface area contributed by atoms with Gasteiger partial charge in [-0.15, -0.1) is 11.3 Å². The number of amides is 1. The van der Waals surface area contributed by atoms with Crippen molar-refractivity contribution in [2.24, 2.45) is 11.7 Å². The van der Waals surface area contributed by atoms with Gasteiger partial charge in [0.25, 0.3) is 0 Å². The summed E-state index contributed by atoms with van der Waals surface area (Å²) in [6.07, 6.45) is 2.63. The first-order valence-electron chi connectivity index (χ1n) is 7.21. The molecule has 1 heterocycles. The van der Waals surface area contributed by atoms with Gasteiger partial charge >= 0.3 is 0 Å². The molecule has 0 saturated heterocycles. The van der Waals surface area contributed by atoms with Gasteiger partial charge in [-0.25, -0.2) is 4.98 Å². The Balaban J connectivity index is 1.66. The van der Waals surface area contributed by atoms with Crippen molar-refractivity contribution in [3.05, 3.63) is 34.7 Å². The molecule has 4 nitrogen and oxygen atoms in total. The Labute approximate surface area is 128 Å². The first-order chi connectivity index (χ1) is 10.1. The summed E-state index contributed by atoms with van der Waals surface area (Å²) in [6.45, 7) is 2.00. The van der Waals surface area contributed by atoms with E-state index < -0.39 is 0 Å². The van der Waals surface area contributed by atoms with E-state index in [-0.39, 0.29) is 17.9 Å². The third kappa shape index (κ3) is 3.31. The molecule has 3 rings (SSSR count). The molecule has 5 heteroatoms. The van der Waals surface area contributed by atoms with Crippen LogP contribution in [0.3, 0.4) is 0 Å². The van der Waals surface area contributed by atoms with Crippen molar-refractivity contribution in [3.8, 4) is 11.3 Å². The zero-order valence-corrected chi connectivity index (χ0v) is 12.8. The molecule has 2 unspecified atom stereocenters. The van der Waals surface area contributed by atoms with Crippen LogP contribution in [-0.4, -0.2) is 16.9 Å². The lowest BCUT2D eigenvalue weighted by atomic mass is 10.1. The molecule has 3 N–H and O–H groups in total. The van der Waals surface area contributed by atoms with Crippen LogP contribution in [0.2, 0.25) is 0 Å². The number of nitrogens with two attached hydrogens (primary N) is 1. The molecule has 1 aromatic carbocycles. The quantitative estimate of drug-likeness (QED) is 0.915. The number of aromatic nitrogens is 1. The number of nitrogens with one attached hydrogen (secondary N) is 1. The molecule has 21 heavy (non-hydrogen) atoms. The molecule has 0 spiro atoms. The normalized spacial score (nSPS) is 21.4. The van der Waals surface area contributed by atoms with E-state index in [0.29, 0.717) is 0 Å². The minimum Gasteiger partial charge on any atom is -0.328 e. The molecule has 0 bridgehead atoms. The van der Waals surface area contributed by atoms with E-state index >= 15 is 0 Å². The van der Waals surface area contributed by atoms with Gasteiger partial charge in [0.05, 0.1) is 10.7 Å². The van der Waals surface area contributed by atoms with Gasteiger partial charge in [-0.1, -0.05) is 12.1 Å². The third-order valence-electron chi connectivity index (χ3n) is 3.91. The fraction of sp³-hybridized carbons (Fsp3) is 0.375. The van der Waals surface area contributed by atoms with Crippen molar-refractivity contribution >= 4 is 22.9 Å². The highest BCUT2D eigenvalue weighted by molar-refractivity contribution is 7.09. The number of rotatable bonds is 3. The Hall–Kier alpha value is -1.72. The van der Waals surface area contributed by atoms with Crippen LogP contribution in [-0.2, 0) is 4.79 Å². The summed E-state index contributed by atoms with van der Waals surface area (Å²) >= 11 is 1.64. The van der Waals surface area contributed by atoms with Crippen molar-refractivity contribution in [3.63, 3.8) is 0 Å². The van der Waals surface area contributed by atoms with Gasteiger partial charge in [0.2, 0.25) is 5.91 Å². The van der Waals surface area contributed by atoms with E-state index in [9.17, 15) is 4.79 Å². The van der Waals surface area contributed by atoms with Crippen LogP contribution >= 0.6 is 11.3 Å². The fourth-order valence-electron chi connectivity index (χ4n) is 2.72. The molecule has 0 radical (unpaired) electrons. The second-order valence-corrected chi connectivity index (χ2v) is 6.65. The summed E-state index contributed by atoms with van der Waals surface area (Å²) in [5.41, 5.74) is 8.74. The summed E-state index contributed by atoms with van der Waals surface area (Å²) in [7, 11) is 0. The van der Waals surface area contributed by atoms with Crippen LogP contribution in [0, 0.1) is 12.8 Å². The number of carbonyl (C=O) groups excluding carboxylic acids is 1. The minimum atomic E-state index is 0.0564.